The smallest absolute Gasteiger partial charge is 0.281 e. The van der Waals surface area contributed by atoms with Gasteiger partial charge in [-0.05, 0) is 74.4 Å². The van der Waals surface area contributed by atoms with Crippen LogP contribution < -0.4 is 19.9 Å². The van der Waals surface area contributed by atoms with Crippen LogP contribution in [0.3, 0.4) is 0 Å². The number of carbonyl (C=O) groups is 1. The third kappa shape index (κ3) is 5.71. The van der Waals surface area contributed by atoms with E-state index < -0.39 is 21.0 Å². The third-order valence-corrected chi connectivity index (χ3v) is 7.06. The quantitative estimate of drug-likeness (QED) is 0.318. The molecule has 3 N–H and O–H groups in total. The van der Waals surface area contributed by atoms with Gasteiger partial charge in [-0.3, -0.25) is 4.79 Å². The van der Waals surface area contributed by atoms with Gasteiger partial charge in [-0.15, -0.1) is 0 Å². The Morgan fingerprint density at radius 3 is 2.34 bits per heavy atom. The molecule has 0 radical (unpaired) electrons. The van der Waals surface area contributed by atoms with Crippen LogP contribution in [0, 0.1) is 20.8 Å². The summed E-state index contributed by atoms with van der Waals surface area (Å²) in [5.74, 6) is -0.0851. The summed E-state index contributed by atoms with van der Waals surface area (Å²) in [5, 5.41) is 0.0818. The van der Waals surface area contributed by atoms with Crippen molar-refractivity contribution in [3.8, 4) is 28.6 Å². The maximum Gasteiger partial charge on any atom is 0.281 e. The highest BCUT2D eigenvalue weighted by Crippen LogP contribution is 2.36. The molecule has 2 aromatic carbocycles. The number of pyridine rings is 2. The van der Waals surface area contributed by atoms with Gasteiger partial charge in [0, 0.05) is 10.6 Å². The number of amides is 1. The van der Waals surface area contributed by atoms with Gasteiger partial charge in [0.15, 0.2) is 5.03 Å². The molecule has 0 unspecified atom stereocenters. The van der Waals surface area contributed by atoms with Gasteiger partial charge in [-0.1, -0.05) is 35.4 Å². The molecule has 2 heterocycles. The van der Waals surface area contributed by atoms with Crippen molar-refractivity contribution in [3.05, 3.63) is 87.9 Å². The van der Waals surface area contributed by atoms with Crippen molar-refractivity contribution < 1.29 is 22.7 Å². The predicted molar refractivity (Wildman–Crippen MR) is 145 cm³/mol. The lowest BCUT2D eigenvalue weighted by Crippen LogP contribution is -2.31. The molecule has 0 aliphatic rings. The Balaban J connectivity index is 1.81. The molecule has 0 spiro atoms. The molecular formula is C27H25ClN4O5S. The second-order valence-electron chi connectivity index (χ2n) is 8.56. The maximum atomic E-state index is 13.3. The summed E-state index contributed by atoms with van der Waals surface area (Å²) in [6, 6.07) is 16.0. The average molecular weight is 553 g/mol. The van der Waals surface area contributed by atoms with E-state index in [9.17, 15) is 13.2 Å². The number of methoxy groups -OCH3 is 1. The van der Waals surface area contributed by atoms with Crippen LogP contribution in [-0.4, -0.2) is 31.4 Å². The Bertz CT molecular complexity index is 1630. The van der Waals surface area contributed by atoms with Gasteiger partial charge in [0.1, 0.15) is 22.9 Å². The van der Waals surface area contributed by atoms with E-state index >= 15 is 0 Å². The van der Waals surface area contributed by atoms with Gasteiger partial charge in [0.2, 0.25) is 5.88 Å². The molecule has 11 heteroatoms. The summed E-state index contributed by atoms with van der Waals surface area (Å²) >= 11 is 6.11. The first-order valence-corrected chi connectivity index (χ1v) is 13.2. The van der Waals surface area contributed by atoms with Crippen LogP contribution in [0.5, 0.6) is 17.4 Å². The zero-order valence-corrected chi connectivity index (χ0v) is 22.6. The van der Waals surface area contributed by atoms with E-state index in [1.54, 1.807) is 24.3 Å². The minimum absolute atomic E-state index is 0.00222. The molecule has 196 valence electrons. The molecule has 4 aromatic rings. The lowest BCUT2D eigenvalue weighted by Gasteiger charge is -2.16. The highest BCUT2D eigenvalue weighted by Gasteiger charge is 2.25. The Morgan fingerprint density at radius 2 is 1.68 bits per heavy atom. The molecule has 0 saturated carbocycles. The number of nitrogens with zero attached hydrogens (tertiary/aromatic N) is 2. The first kappa shape index (κ1) is 26.9. The first-order valence-electron chi connectivity index (χ1n) is 11.4. The fraction of sp³-hybridized carbons (Fsp3) is 0.148. The number of anilines is 1. The van der Waals surface area contributed by atoms with Crippen LogP contribution >= 0.6 is 11.6 Å². The molecule has 0 atom stereocenters. The van der Waals surface area contributed by atoms with Crippen molar-refractivity contribution in [1.29, 1.82) is 0 Å². The van der Waals surface area contributed by atoms with Crippen molar-refractivity contribution in [2.75, 3.05) is 12.8 Å². The third-order valence-electron chi connectivity index (χ3n) is 5.60. The van der Waals surface area contributed by atoms with E-state index in [-0.39, 0.29) is 17.3 Å². The Kier molecular flexibility index (Phi) is 7.56. The number of nitrogens with two attached hydrogens (primary N) is 1. The second-order valence-corrected chi connectivity index (χ2v) is 10.6. The summed E-state index contributed by atoms with van der Waals surface area (Å²) in [6.45, 7) is 5.71. The largest absolute Gasteiger partial charge is 0.496 e. The van der Waals surface area contributed by atoms with E-state index in [1.807, 2.05) is 37.6 Å². The number of halogens is 1. The summed E-state index contributed by atoms with van der Waals surface area (Å²) in [4.78, 5) is 21.6. The highest BCUT2D eigenvalue weighted by atomic mass is 35.5. The molecule has 2 aromatic heterocycles. The van der Waals surface area contributed by atoms with E-state index in [2.05, 4.69) is 9.97 Å². The fourth-order valence-corrected chi connectivity index (χ4v) is 5.06. The van der Waals surface area contributed by atoms with Crippen molar-refractivity contribution in [3.63, 3.8) is 0 Å². The zero-order chi connectivity index (χ0) is 27.6. The fourth-order valence-electron chi connectivity index (χ4n) is 3.95. The Hall–Kier alpha value is -4.15. The monoisotopic (exact) mass is 552 g/mol. The second kappa shape index (κ2) is 10.7. The first-order chi connectivity index (χ1) is 18.0. The van der Waals surface area contributed by atoms with Crippen molar-refractivity contribution in [1.82, 2.24) is 14.7 Å². The number of aryl methyl sites for hydroxylation is 3. The average Bonchev–Trinajstić information content (AvgIpc) is 2.85. The van der Waals surface area contributed by atoms with Crippen LogP contribution in [-0.2, 0) is 10.0 Å². The molecule has 0 fully saturated rings. The van der Waals surface area contributed by atoms with Crippen LogP contribution in [0.15, 0.2) is 65.7 Å². The van der Waals surface area contributed by atoms with Crippen molar-refractivity contribution in [2.24, 2.45) is 0 Å². The zero-order valence-electron chi connectivity index (χ0n) is 21.1. The number of aromatic nitrogens is 2. The normalized spacial score (nSPS) is 11.2. The van der Waals surface area contributed by atoms with Crippen LogP contribution in [0.25, 0.3) is 11.3 Å². The number of hydrogen-bond donors (Lipinski definition) is 2. The lowest BCUT2D eigenvalue weighted by atomic mass is 10.1. The van der Waals surface area contributed by atoms with Gasteiger partial charge in [0.05, 0.1) is 12.8 Å². The predicted octanol–water partition coefficient (Wildman–Crippen LogP) is 5.22. The molecular weight excluding hydrogens is 528 g/mol. The van der Waals surface area contributed by atoms with E-state index in [4.69, 9.17) is 26.8 Å². The highest BCUT2D eigenvalue weighted by molar-refractivity contribution is 7.90. The summed E-state index contributed by atoms with van der Waals surface area (Å²) < 4.78 is 39.3. The molecule has 0 saturated heterocycles. The number of benzene rings is 2. The summed E-state index contributed by atoms with van der Waals surface area (Å²) in [7, 11) is -2.83. The maximum absolute atomic E-state index is 13.3. The SMILES string of the molecule is COc1cc(Cl)ccc1-c1ccc(C(=O)NS(=O)(=O)c2cccc(N)n2)c(Oc2c(C)cc(C)cc2C)n1. The van der Waals surface area contributed by atoms with Crippen LogP contribution in [0.2, 0.25) is 5.02 Å². The molecule has 1 amide bonds. The van der Waals surface area contributed by atoms with Crippen molar-refractivity contribution in [2.45, 2.75) is 25.8 Å². The van der Waals surface area contributed by atoms with Crippen LogP contribution in [0.4, 0.5) is 5.82 Å². The van der Waals surface area contributed by atoms with Gasteiger partial charge in [-0.2, -0.15) is 8.42 Å². The van der Waals surface area contributed by atoms with Crippen LogP contribution in [0.1, 0.15) is 27.0 Å². The number of ether oxygens (including phenoxy) is 2. The van der Waals surface area contributed by atoms with E-state index in [0.717, 1.165) is 16.7 Å². The van der Waals surface area contributed by atoms with Gasteiger partial charge >= 0.3 is 0 Å². The molecule has 4 rings (SSSR count). The molecule has 0 aliphatic heterocycles. The lowest BCUT2D eigenvalue weighted by molar-refractivity contribution is 0.0978. The summed E-state index contributed by atoms with van der Waals surface area (Å²) in [6.07, 6.45) is 0. The standard InChI is InChI=1S/C27H25ClN4O5S/c1-15-12-16(2)25(17(3)13-15)37-27-20(26(33)32-38(34,35)24-7-5-6-23(29)31-24)10-11-21(30-27)19-9-8-18(28)14-22(19)36-4/h5-14H,1-4H3,(H2,29,31)(H,32,33). The van der Waals surface area contributed by atoms with Gasteiger partial charge in [-0.25, -0.2) is 14.7 Å². The topological polar surface area (TPSA) is 134 Å². The van der Waals surface area contributed by atoms with E-state index in [1.165, 1.54) is 31.4 Å². The molecule has 9 nitrogen and oxygen atoms in total. The summed E-state index contributed by atoms with van der Waals surface area (Å²) in [5.41, 5.74) is 9.22. The Morgan fingerprint density at radius 1 is 0.974 bits per heavy atom. The number of nitrogens with one attached hydrogen (secondary N) is 1. The minimum atomic E-state index is -4.33. The number of rotatable bonds is 7. The van der Waals surface area contributed by atoms with E-state index in [0.29, 0.717) is 27.8 Å². The molecule has 38 heavy (non-hydrogen) atoms. The Labute approximate surface area is 225 Å². The molecule has 0 aliphatic carbocycles. The van der Waals surface area contributed by atoms with Gasteiger partial charge in [0.25, 0.3) is 15.9 Å². The minimum Gasteiger partial charge on any atom is -0.496 e. The number of sulfonamides is 1. The van der Waals surface area contributed by atoms with Gasteiger partial charge < -0.3 is 15.2 Å². The number of nitrogen functional groups attached to an aromatic ring is 1. The molecule has 0 bridgehead atoms. The van der Waals surface area contributed by atoms with Crippen molar-refractivity contribution >= 4 is 33.3 Å². The number of hydrogen-bond acceptors (Lipinski definition) is 8. The number of carbonyl (C=O) groups excluding carboxylic acids is 1.